The molecule has 0 bridgehead atoms. The van der Waals surface area contributed by atoms with Gasteiger partial charge in [-0.15, -0.1) is 0 Å². The van der Waals surface area contributed by atoms with Crippen LogP contribution in [0.25, 0.3) is 10.9 Å². The van der Waals surface area contributed by atoms with Crippen LogP contribution in [0.4, 0.5) is 4.39 Å². The Balaban J connectivity index is 2.12. The standard InChI is InChI=1S/C21H22FNO3/c1-3-4-10-26-20-12-16(22)11-18-17(20)13-19(21(24)25-2)23(18)14-15-8-6-5-7-9-15/h5-9,11-13H,3-4,10,14H2,1-2H3. The first kappa shape index (κ1) is 18.0. The molecule has 26 heavy (non-hydrogen) atoms. The summed E-state index contributed by atoms with van der Waals surface area (Å²) in [5, 5.41) is 0.707. The number of aromatic nitrogens is 1. The van der Waals surface area contributed by atoms with Crippen LogP contribution >= 0.6 is 0 Å². The van der Waals surface area contributed by atoms with Gasteiger partial charge in [0, 0.05) is 18.0 Å². The molecule has 3 rings (SSSR count). The number of nitrogens with zero attached hydrogens (tertiary/aromatic N) is 1. The molecule has 0 atom stereocenters. The van der Waals surface area contributed by atoms with Crippen molar-refractivity contribution in [2.45, 2.75) is 26.3 Å². The van der Waals surface area contributed by atoms with Gasteiger partial charge < -0.3 is 14.0 Å². The fourth-order valence-corrected chi connectivity index (χ4v) is 2.95. The van der Waals surface area contributed by atoms with Gasteiger partial charge in [0.2, 0.25) is 0 Å². The largest absolute Gasteiger partial charge is 0.493 e. The molecular formula is C21H22FNO3. The lowest BCUT2D eigenvalue weighted by Crippen LogP contribution is -2.11. The number of benzene rings is 2. The zero-order chi connectivity index (χ0) is 18.5. The molecule has 0 aliphatic carbocycles. The third-order valence-corrected chi connectivity index (χ3v) is 4.28. The minimum absolute atomic E-state index is 0.372. The highest BCUT2D eigenvalue weighted by atomic mass is 19.1. The van der Waals surface area contributed by atoms with Crippen LogP contribution in [-0.2, 0) is 11.3 Å². The molecule has 0 aliphatic heterocycles. The monoisotopic (exact) mass is 355 g/mol. The summed E-state index contributed by atoms with van der Waals surface area (Å²) in [5.41, 5.74) is 1.99. The zero-order valence-corrected chi connectivity index (χ0v) is 15.0. The molecule has 2 aromatic carbocycles. The predicted octanol–water partition coefficient (Wildman–Crippen LogP) is 4.79. The van der Waals surface area contributed by atoms with E-state index in [1.165, 1.54) is 19.2 Å². The Bertz CT molecular complexity index is 903. The summed E-state index contributed by atoms with van der Waals surface area (Å²) in [6.07, 6.45) is 1.87. The second kappa shape index (κ2) is 8.04. The lowest BCUT2D eigenvalue weighted by Gasteiger charge is -2.11. The fraction of sp³-hybridized carbons (Fsp3) is 0.286. The SMILES string of the molecule is CCCCOc1cc(F)cc2c1cc(C(=O)OC)n2Cc1ccccc1. The van der Waals surface area contributed by atoms with E-state index < -0.39 is 11.8 Å². The Hall–Kier alpha value is -2.82. The summed E-state index contributed by atoms with van der Waals surface area (Å²) < 4.78 is 26.7. The van der Waals surface area contributed by atoms with E-state index in [4.69, 9.17) is 9.47 Å². The van der Waals surface area contributed by atoms with E-state index >= 15 is 0 Å². The minimum Gasteiger partial charge on any atom is -0.493 e. The van der Waals surface area contributed by atoms with Crippen LogP contribution in [0.3, 0.4) is 0 Å². The number of rotatable bonds is 7. The van der Waals surface area contributed by atoms with Crippen LogP contribution in [0.1, 0.15) is 35.8 Å². The molecule has 0 radical (unpaired) electrons. The molecule has 1 aromatic heterocycles. The number of carbonyl (C=O) groups excluding carboxylic acids is 1. The Labute approximate surface area is 152 Å². The number of ether oxygens (including phenoxy) is 2. The number of halogens is 1. The Morgan fingerprint density at radius 1 is 1.15 bits per heavy atom. The average Bonchev–Trinajstić information content (AvgIpc) is 3.00. The van der Waals surface area contributed by atoms with Crippen molar-refractivity contribution in [1.82, 2.24) is 4.57 Å². The second-order valence-corrected chi connectivity index (χ2v) is 6.13. The summed E-state index contributed by atoms with van der Waals surface area (Å²) in [4.78, 5) is 12.3. The van der Waals surface area contributed by atoms with Gasteiger partial charge in [-0.25, -0.2) is 9.18 Å². The molecule has 0 fully saturated rings. The summed E-state index contributed by atoms with van der Waals surface area (Å²) in [6, 6.07) is 14.2. The van der Waals surface area contributed by atoms with Crippen LogP contribution in [0.2, 0.25) is 0 Å². The summed E-state index contributed by atoms with van der Waals surface area (Å²) in [6.45, 7) is 3.01. The molecule has 0 N–H and O–H groups in total. The van der Waals surface area contributed by atoms with Gasteiger partial charge in [0.05, 0.1) is 19.2 Å². The smallest absolute Gasteiger partial charge is 0.354 e. The van der Waals surface area contributed by atoms with E-state index in [1.807, 2.05) is 30.3 Å². The van der Waals surface area contributed by atoms with Crippen molar-refractivity contribution in [3.8, 4) is 5.75 Å². The molecule has 136 valence electrons. The van der Waals surface area contributed by atoms with E-state index in [-0.39, 0.29) is 0 Å². The van der Waals surface area contributed by atoms with Crippen molar-refractivity contribution in [3.05, 3.63) is 65.6 Å². The van der Waals surface area contributed by atoms with Gasteiger partial charge in [0.15, 0.2) is 0 Å². The van der Waals surface area contributed by atoms with Gasteiger partial charge in [-0.1, -0.05) is 43.7 Å². The van der Waals surface area contributed by atoms with Gasteiger partial charge in [-0.3, -0.25) is 0 Å². The van der Waals surface area contributed by atoms with E-state index in [1.54, 1.807) is 10.6 Å². The first-order valence-electron chi connectivity index (χ1n) is 8.72. The molecule has 4 nitrogen and oxygen atoms in total. The van der Waals surface area contributed by atoms with Gasteiger partial charge in [-0.2, -0.15) is 0 Å². The number of methoxy groups -OCH3 is 1. The maximum atomic E-state index is 14.2. The minimum atomic E-state index is -0.461. The van der Waals surface area contributed by atoms with Crippen LogP contribution < -0.4 is 4.74 Å². The van der Waals surface area contributed by atoms with Crippen molar-refractivity contribution in [2.75, 3.05) is 13.7 Å². The second-order valence-electron chi connectivity index (χ2n) is 6.13. The Morgan fingerprint density at radius 3 is 2.62 bits per heavy atom. The van der Waals surface area contributed by atoms with Gasteiger partial charge in [0.25, 0.3) is 0 Å². The summed E-state index contributed by atoms with van der Waals surface area (Å²) in [7, 11) is 1.34. The number of carbonyl (C=O) groups is 1. The Morgan fingerprint density at radius 2 is 1.92 bits per heavy atom. The quantitative estimate of drug-likeness (QED) is 0.452. The molecule has 3 aromatic rings. The highest BCUT2D eigenvalue weighted by Gasteiger charge is 2.20. The number of hydrogen-bond donors (Lipinski definition) is 0. The number of fused-ring (bicyclic) bond motifs is 1. The van der Waals surface area contributed by atoms with Crippen molar-refractivity contribution >= 4 is 16.9 Å². The van der Waals surface area contributed by atoms with E-state index in [2.05, 4.69) is 6.92 Å². The highest BCUT2D eigenvalue weighted by Crippen LogP contribution is 2.31. The van der Waals surface area contributed by atoms with Gasteiger partial charge in [-0.05, 0) is 24.1 Å². The molecule has 5 heteroatoms. The third-order valence-electron chi connectivity index (χ3n) is 4.28. The molecule has 0 spiro atoms. The van der Waals surface area contributed by atoms with Crippen molar-refractivity contribution in [1.29, 1.82) is 0 Å². The number of hydrogen-bond acceptors (Lipinski definition) is 3. The molecule has 0 unspecified atom stereocenters. The maximum absolute atomic E-state index is 14.2. The predicted molar refractivity (Wildman–Crippen MR) is 99.2 cm³/mol. The van der Waals surface area contributed by atoms with Gasteiger partial charge >= 0.3 is 5.97 Å². The van der Waals surface area contributed by atoms with Crippen molar-refractivity contribution < 1.29 is 18.7 Å². The van der Waals surface area contributed by atoms with E-state index in [0.29, 0.717) is 35.5 Å². The summed E-state index contributed by atoms with van der Waals surface area (Å²) in [5.74, 6) is -0.407. The fourth-order valence-electron chi connectivity index (χ4n) is 2.95. The number of unbranched alkanes of at least 4 members (excludes halogenated alkanes) is 1. The van der Waals surface area contributed by atoms with Crippen molar-refractivity contribution in [3.63, 3.8) is 0 Å². The summed E-state index contributed by atoms with van der Waals surface area (Å²) >= 11 is 0. The van der Waals surface area contributed by atoms with Gasteiger partial charge in [0.1, 0.15) is 17.3 Å². The highest BCUT2D eigenvalue weighted by molar-refractivity contribution is 5.98. The van der Waals surface area contributed by atoms with Crippen molar-refractivity contribution in [2.24, 2.45) is 0 Å². The molecule has 1 heterocycles. The molecular weight excluding hydrogens is 333 g/mol. The lowest BCUT2D eigenvalue weighted by atomic mass is 10.2. The van der Waals surface area contributed by atoms with E-state index in [0.717, 1.165) is 18.4 Å². The van der Waals surface area contributed by atoms with Crippen LogP contribution in [0.5, 0.6) is 5.75 Å². The normalized spacial score (nSPS) is 10.9. The molecule has 0 saturated heterocycles. The first-order valence-corrected chi connectivity index (χ1v) is 8.72. The molecule has 0 amide bonds. The third kappa shape index (κ3) is 3.72. The number of esters is 1. The van der Waals surface area contributed by atoms with Crippen LogP contribution in [0.15, 0.2) is 48.5 Å². The molecule has 0 saturated carbocycles. The van der Waals surface area contributed by atoms with Crippen LogP contribution in [0, 0.1) is 5.82 Å². The zero-order valence-electron chi connectivity index (χ0n) is 15.0. The van der Waals surface area contributed by atoms with Crippen LogP contribution in [-0.4, -0.2) is 24.3 Å². The lowest BCUT2D eigenvalue weighted by molar-refractivity contribution is 0.0589. The first-order chi connectivity index (χ1) is 12.6. The van der Waals surface area contributed by atoms with E-state index in [9.17, 15) is 9.18 Å². The average molecular weight is 355 g/mol. The maximum Gasteiger partial charge on any atom is 0.354 e. The Kier molecular flexibility index (Phi) is 5.56. The topological polar surface area (TPSA) is 40.5 Å². The molecule has 0 aliphatic rings.